The highest BCUT2D eigenvalue weighted by Gasteiger charge is 2.24. The summed E-state index contributed by atoms with van der Waals surface area (Å²) in [5, 5.41) is 9.99. The Morgan fingerprint density at radius 3 is 2.96 bits per heavy atom. The second-order valence-corrected chi connectivity index (χ2v) is 8.39. The van der Waals surface area contributed by atoms with Crippen LogP contribution in [0, 0.1) is 5.92 Å². The zero-order valence-electron chi connectivity index (χ0n) is 15.5. The molecular formula is C21H22N2O3S. The Balaban J connectivity index is 1.85. The molecular weight excluding hydrogens is 360 g/mol. The van der Waals surface area contributed by atoms with Crippen LogP contribution in [0.25, 0.3) is 10.2 Å². The molecule has 0 bridgehead atoms. The Morgan fingerprint density at radius 2 is 2.22 bits per heavy atom. The summed E-state index contributed by atoms with van der Waals surface area (Å²) < 4.78 is 1.72. The van der Waals surface area contributed by atoms with Crippen LogP contribution in [0.5, 0.6) is 0 Å². The molecule has 0 spiro atoms. The van der Waals surface area contributed by atoms with E-state index in [0.717, 1.165) is 40.9 Å². The molecule has 0 aliphatic heterocycles. The number of fused-ring (bicyclic) bond motifs is 3. The quantitative estimate of drug-likeness (QED) is 0.743. The summed E-state index contributed by atoms with van der Waals surface area (Å²) in [4.78, 5) is 31.6. The van der Waals surface area contributed by atoms with Crippen molar-refractivity contribution in [2.45, 2.75) is 46.1 Å². The molecule has 1 N–H and O–H groups in total. The van der Waals surface area contributed by atoms with Crippen LogP contribution in [0.1, 0.15) is 52.5 Å². The van der Waals surface area contributed by atoms with Gasteiger partial charge in [0.05, 0.1) is 17.5 Å². The lowest BCUT2D eigenvalue weighted by molar-refractivity contribution is 0.0696. The zero-order valence-corrected chi connectivity index (χ0v) is 16.3. The lowest BCUT2D eigenvalue weighted by Gasteiger charge is -2.17. The number of carboxylic acids is 1. The predicted octanol–water partition coefficient (Wildman–Crippen LogP) is 3.89. The fraction of sp³-hybridized carbons (Fsp3) is 0.381. The molecule has 1 aromatic carbocycles. The van der Waals surface area contributed by atoms with Crippen LogP contribution in [0.15, 0.2) is 29.1 Å². The molecule has 6 heteroatoms. The van der Waals surface area contributed by atoms with Crippen molar-refractivity contribution in [1.29, 1.82) is 0 Å². The molecule has 0 saturated heterocycles. The summed E-state index contributed by atoms with van der Waals surface area (Å²) in [6.45, 7) is 4.59. The molecule has 2 aromatic heterocycles. The third-order valence-electron chi connectivity index (χ3n) is 5.33. The van der Waals surface area contributed by atoms with Crippen molar-refractivity contribution in [3.05, 3.63) is 62.0 Å². The number of aryl methyl sites for hydroxylation is 2. The van der Waals surface area contributed by atoms with Gasteiger partial charge in [0.25, 0.3) is 5.56 Å². The number of hydrogen-bond donors (Lipinski definition) is 1. The van der Waals surface area contributed by atoms with Gasteiger partial charge < -0.3 is 5.11 Å². The molecule has 0 radical (unpaired) electrons. The van der Waals surface area contributed by atoms with Crippen molar-refractivity contribution in [3.8, 4) is 0 Å². The van der Waals surface area contributed by atoms with E-state index < -0.39 is 5.97 Å². The number of nitrogens with zero attached hydrogens (tertiary/aromatic N) is 2. The van der Waals surface area contributed by atoms with Crippen LogP contribution >= 0.6 is 11.3 Å². The normalized spacial score (nSPS) is 16.4. The molecule has 140 valence electrons. The van der Waals surface area contributed by atoms with Gasteiger partial charge in [0, 0.05) is 11.3 Å². The molecule has 27 heavy (non-hydrogen) atoms. The summed E-state index contributed by atoms with van der Waals surface area (Å²) in [5.41, 5.74) is 2.21. The number of carbonyl (C=O) groups is 1. The number of thiophene rings is 1. The first-order valence-electron chi connectivity index (χ1n) is 9.34. The molecule has 0 saturated carbocycles. The first-order chi connectivity index (χ1) is 13.0. The summed E-state index contributed by atoms with van der Waals surface area (Å²) in [6, 6.07) is 6.76. The van der Waals surface area contributed by atoms with Gasteiger partial charge in [-0.2, -0.15) is 0 Å². The number of benzene rings is 1. The second kappa shape index (κ2) is 6.93. The molecule has 2 heterocycles. The van der Waals surface area contributed by atoms with Crippen LogP contribution < -0.4 is 5.56 Å². The van der Waals surface area contributed by atoms with Crippen molar-refractivity contribution in [1.82, 2.24) is 9.55 Å². The molecule has 1 atom stereocenters. The van der Waals surface area contributed by atoms with E-state index in [4.69, 9.17) is 4.98 Å². The van der Waals surface area contributed by atoms with Gasteiger partial charge in [-0.3, -0.25) is 9.36 Å². The highest BCUT2D eigenvalue weighted by molar-refractivity contribution is 7.18. The number of aromatic nitrogens is 2. The van der Waals surface area contributed by atoms with Crippen LogP contribution in [-0.4, -0.2) is 20.6 Å². The molecule has 1 unspecified atom stereocenters. The summed E-state index contributed by atoms with van der Waals surface area (Å²) >= 11 is 1.67. The second-order valence-electron chi connectivity index (χ2n) is 7.31. The van der Waals surface area contributed by atoms with Gasteiger partial charge >= 0.3 is 5.97 Å². The maximum Gasteiger partial charge on any atom is 0.335 e. The standard InChI is InChI=1S/C21H22N2O3S/c1-3-17-22-19-18(15-8-7-12(2)9-16(15)27-19)20(24)23(17)11-13-5-4-6-14(10-13)21(25)26/h4-6,10,12H,3,7-9,11H2,1-2H3,(H,25,26). The molecule has 1 aliphatic rings. The van der Waals surface area contributed by atoms with Crippen LogP contribution in [0.4, 0.5) is 0 Å². The van der Waals surface area contributed by atoms with E-state index >= 15 is 0 Å². The number of aromatic carboxylic acids is 1. The molecule has 3 aromatic rings. The Labute approximate surface area is 161 Å². The summed E-state index contributed by atoms with van der Waals surface area (Å²) in [5.74, 6) is 0.437. The van der Waals surface area contributed by atoms with Gasteiger partial charge in [-0.25, -0.2) is 9.78 Å². The Kier molecular flexibility index (Phi) is 4.60. The van der Waals surface area contributed by atoms with Gasteiger partial charge in [0.1, 0.15) is 10.7 Å². The first kappa shape index (κ1) is 17.9. The number of hydrogen-bond acceptors (Lipinski definition) is 4. The van der Waals surface area contributed by atoms with Gasteiger partial charge in [0.15, 0.2) is 0 Å². The third-order valence-corrected chi connectivity index (χ3v) is 6.47. The minimum absolute atomic E-state index is 0.00429. The van der Waals surface area contributed by atoms with E-state index in [1.165, 1.54) is 10.4 Å². The Hall–Kier alpha value is -2.47. The van der Waals surface area contributed by atoms with Crippen LogP contribution in [-0.2, 0) is 25.8 Å². The lowest BCUT2D eigenvalue weighted by atomic mass is 9.89. The molecule has 4 rings (SSSR count). The van der Waals surface area contributed by atoms with E-state index in [-0.39, 0.29) is 11.1 Å². The topological polar surface area (TPSA) is 72.2 Å². The van der Waals surface area contributed by atoms with Crippen molar-refractivity contribution in [3.63, 3.8) is 0 Å². The lowest BCUT2D eigenvalue weighted by Crippen LogP contribution is -2.26. The minimum Gasteiger partial charge on any atom is -0.478 e. The maximum atomic E-state index is 13.4. The van der Waals surface area contributed by atoms with Crippen LogP contribution in [0.3, 0.4) is 0 Å². The Morgan fingerprint density at radius 1 is 1.41 bits per heavy atom. The van der Waals surface area contributed by atoms with E-state index in [0.29, 0.717) is 18.9 Å². The fourth-order valence-electron chi connectivity index (χ4n) is 3.88. The predicted molar refractivity (Wildman–Crippen MR) is 107 cm³/mol. The molecule has 1 aliphatic carbocycles. The van der Waals surface area contributed by atoms with E-state index in [1.807, 2.05) is 13.0 Å². The third kappa shape index (κ3) is 3.18. The zero-order chi connectivity index (χ0) is 19.1. The molecule has 5 nitrogen and oxygen atoms in total. The SMILES string of the molecule is CCc1nc2sc3c(c2c(=O)n1Cc1cccc(C(=O)O)c1)CCC(C)C3. The van der Waals surface area contributed by atoms with Crippen molar-refractivity contribution in [2.75, 3.05) is 0 Å². The van der Waals surface area contributed by atoms with Crippen LogP contribution in [0.2, 0.25) is 0 Å². The largest absolute Gasteiger partial charge is 0.478 e. The van der Waals surface area contributed by atoms with Gasteiger partial charge in [0.2, 0.25) is 0 Å². The summed E-state index contributed by atoms with van der Waals surface area (Å²) in [6.07, 6.45) is 3.72. The van der Waals surface area contributed by atoms with Gasteiger partial charge in [-0.15, -0.1) is 11.3 Å². The van der Waals surface area contributed by atoms with E-state index in [9.17, 15) is 14.7 Å². The fourth-order valence-corrected chi connectivity index (χ4v) is 5.28. The van der Waals surface area contributed by atoms with E-state index in [2.05, 4.69) is 6.92 Å². The Bertz CT molecular complexity index is 1100. The van der Waals surface area contributed by atoms with E-state index in [1.54, 1.807) is 34.1 Å². The van der Waals surface area contributed by atoms with Crippen molar-refractivity contribution < 1.29 is 9.90 Å². The maximum absolute atomic E-state index is 13.4. The smallest absolute Gasteiger partial charge is 0.335 e. The van der Waals surface area contributed by atoms with Gasteiger partial charge in [-0.1, -0.05) is 26.0 Å². The monoisotopic (exact) mass is 382 g/mol. The average molecular weight is 382 g/mol. The van der Waals surface area contributed by atoms with Gasteiger partial charge in [-0.05, 0) is 48.4 Å². The summed E-state index contributed by atoms with van der Waals surface area (Å²) in [7, 11) is 0. The molecule has 0 amide bonds. The highest BCUT2D eigenvalue weighted by atomic mass is 32.1. The number of carboxylic acid groups (broad SMARTS) is 1. The highest BCUT2D eigenvalue weighted by Crippen LogP contribution is 2.35. The minimum atomic E-state index is -0.963. The first-order valence-corrected chi connectivity index (χ1v) is 10.2. The number of rotatable bonds is 4. The van der Waals surface area contributed by atoms with Crippen molar-refractivity contribution in [2.24, 2.45) is 5.92 Å². The molecule has 0 fully saturated rings. The average Bonchev–Trinajstić information content (AvgIpc) is 3.01. The van der Waals surface area contributed by atoms with Crippen molar-refractivity contribution >= 4 is 27.5 Å².